The molecule has 5 heteroatoms. The van der Waals surface area contributed by atoms with Crippen LogP contribution in [0.25, 0.3) is 0 Å². The van der Waals surface area contributed by atoms with E-state index in [0.717, 1.165) is 25.9 Å². The van der Waals surface area contributed by atoms with Gasteiger partial charge in [0.2, 0.25) is 0 Å². The van der Waals surface area contributed by atoms with Gasteiger partial charge in [0.05, 0.1) is 17.8 Å². The third-order valence-electron chi connectivity index (χ3n) is 4.18. The van der Waals surface area contributed by atoms with E-state index in [1.165, 1.54) is 18.2 Å². The first-order valence-electron chi connectivity index (χ1n) is 7.96. The molecule has 2 atom stereocenters. The fourth-order valence-corrected chi connectivity index (χ4v) is 2.85. The highest BCUT2D eigenvalue weighted by atomic mass is 19.1. The summed E-state index contributed by atoms with van der Waals surface area (Å²) in [6.07, 6.45) is 2.16. The number of aliphatic hydroxyl groups excluding tert-OH is 1. The second-order valence-electron chi connectivity index (χ2n) is 6.19. The first kappa shape index (κ1) is 17.3. The Labute approximate surface area is 130 Å². The van der Waals surface area contributed by atoms with Gasteiger partial charge in [0.1, 0.15) is 11.6 Å². The lowest BCUT2D eigenvalue weighted by Crippen LogP contribution is -2.42. The summed E-state index contributed by atoms with van der Waals surface area (Å²) in [5, 5.41) is 10.3. The Kier molecular flexibility index (Phi) is 6.29. The molecule has 0 aromatic heterocycles. The van der Waals surface area contributed by atoms with Crippen LogP contribution < -0.4 is 0 Å². The lowest BCUT2D eigenvalue weighted by molar-refractivity contribution is -0.0208. The Bertz CT molecular complexity index is 455. The monoisotopic (exact) mass is 313 g/mol. The molecule has 0 spiro atoms. The molecular weight excluding hydrogens is 288 g/mol. The SMILES string of the molecule is CC(C)N(CC1CCCCO1)CC(O)c1c(F)cccc1F. The van der Waals surface area contributed by atoms with Gasteiger partial charge >= 0.3 is 0 Å². The lowest BCUT2D eigenvalue weighted by atomic mass is 10.0. The number of aliphatic hydroxyl groups is 1. The fourth-order valence-electron chi connectivity index (χ4n) is 2.85. The van der Waals surface area contributed by atoms with E-state index in [0.29, 0.717) is 6.54 Å². The molecule has 0 radical (unpaired) electrons. The molecule has 0 amide bonds. The summed E-state index contributed by atoms with van der Waals surface area (Å²) in [6, 6.07) is 3.81. The molecule has 1 fully saturated rings. The zero-order valence-electron chi connectivity index (χ0n) is 13.3. The topological polar surface area (TPSA) is 32.7 Å². The minimum absolute atomic E-state index is 0.133. The second kappa shape index (κ2) is 7.99. The minimum Gasteiger partial charge on any atom is -0.387 e. The number of hydrogen-bond donors (Lipinski definition) is 1. The predicted molar refractivity (Wildman–Crippen MR) is 81.6 cm³/mol. The summed E-state index contributed by atoms with van der Waals surface area (Å²) >= 11 is 0. The van der Waals surface area contributed by atoms with Crippen LogP contribution >= 0.6 is 0 Å². The molecule has 1 N–H and O–H groups in total. The number of rotatable bonds is 6. The van der Waals surface area contributed by atoms with Crippen molar-refractivity contribution in [3.05, 3.63) is 35.4 Å². The van der Waals surface area contributed by atoms with Crippen molar-refractivity contribution in [1.82, 2.24) is 4.90 Å². The minimum atomic E-state index is -1.19. The molecule has 1 aliphatic heterocycles. The molecular formula is C17H25F2NO2. The van der Waals surface area contributed by atoms with Gasteiger partial charge in [-0.2, -0.15) is 0 Å². The summed E-state index contributed by atoms with van der Waals surface area (Å²) in [7, 11) is 0. The fraction of sp³-hybridized carbons (Fsp3) is 0.647. The van der Waals surface area contributed by atoms with Crippen LogP contribution in [-0.4, -0.2) is 41.8 Å². The highest BCUT2D eigenvalue weighted by Crippen LogP contribution is 2.23. The van der Waals surface area contributed by atoms with Gasteiger partial charge in [-0.15, -0.1) is 0 Å². The van der Waals surface area contributed by atoms with Crippen molar-refractivity contribution >= 4 is 0 Å². The van der Waals surface area contributed by atoms with Crippen LogP contribution in [0.2, 0.25) is 0 Å². The highest BCUT2D eigenvalue weighted by Gasteiger charge is 2.25. The first-order chi connectivity index (χ1) is 10.5. The number of halogens is 2. The summed E-state index contributed by atoms with van der Waals surface area (Å²) in [5.41, 5.74) is -0.252. The summed E-state index contributed by atoms with van der Waals surface area (Å²) in [6.45, 7) is 5.64. The van der Waals surface area contributed by atoms with Gasteiger partial charge < -0.3 is 9.84 Å². The molecule has 2 unspecified atom stereocenters. The van der Waals surface area contributed by atoms with Crippen molar-refractivity contribution < 1.29 is 18.6 Å². The molecule has 1 aromatic rings. The Morgan fingerprint density at radius 3 is 2.50 bits per heavy atom. The molecule has 0 bridgehead atoms. The normalized spacial score (nSPS) is 20.6. The van der Waals surface area contributed by atoms with Crippen molar-refractivity contribution in [3.8, 4) is 0 Å². The third kappa shape index (κ3) is 4.48. The van der Waals surface area contributed by atoms with E-state index in [9.17, 15) is 13.9 Å². The Balaban J connectivity index is 2.03. The number of hydrogen-bond acceptors (Lipinski definition) is 3. The number of nitrogens with zero attached hydrogens (tertiary/aromatic N) is 1. The predicted octanol–water partition coefficient (Wildman–Crippen LogP) is 3.28. The Morgan fingerprint density at radius 2 is 1.95 bits per heavy atom. The summed E-state index contributed by atoms with van der Waals surface area (Å²) in [5.74, 6) is -1.41. The van der Waals surface area contributed by atoms with Gasteiger partial charge in [-0.3, -0.25) is 4.90 Å². The average Bonchev–Trinajstić information content (AvgIpc) is 2.47. The van der Waals surface area contributed by atoms with Crippen LogP contribution in [0.15, 0.2) is 18.2 Å². The molecule has 3 nitrogen and oxygen atoms in total. The van der Waals surface area contributed by atoms with E-state index < -0.39 is 17.7 Å². The van der Waals surface area contributed by atoms with Crippen LogP contribution in [0.3, 0.4) is 0 Å². The molecule has 0 aliphatic carbocycles. The van der Waals surface area contributed by atoms with E-state index in [1.54, 1.807) is 0 Å². The summed E-state index contributed by atoms with van der Waals surface area (Å²) in [4.78, 5) is 2.02. The largest absolute Gasteiger partial charge is 0.387 e. The maximum absolute atomic E-state index is 13.8. The van der Waals surface area contributed by atoms with Crippen molar-refractivity contribution in [1.29, 1.82) is 0 Å². The van der Waals surface area contributed by atoms with E-state index in [2.05, 4.69) is 0 Å². The smallest absolute Gasteiger partial charge is 0.131 e. The van der Waals surface area contributed by atoms with E-state index in [-0.39, 0.29) is 24.3 Å². The number of benzene rings is 1. The van der Waals surface area contributed by atoms with Crippen molar-refractivity contribution in [2.45, 2.75) is 51.4 Å². The van der Waals surface area contributed by atoms with Crippen LogP contribution in [0.5, 0.6) is 0 Å². The zero-order chi connectivity index (χ0) is 16.1. The Hall–Kier alpha value is -1.04. The van der Waals surface area contributed by atoms with Crippen LogP contribution in [0.4, 0.5) is 8.78 Å². The van der Waals surface area contributed by atoms with E-state index in [4.69, 9.17) is 4.74 Å². The van der Waals surface area contributed by atoms with E-state index >= 15 is 0 Å². The molecule has 1 aromatic carbocycles. The molecule has 22 heavy (non-hydrogen) atoms. The van der Waals surface area contributed by atoms with Crippen molar-refractivity contribution in [2.75, 3.05) is 19.7 Å². The van der Waals surface area contributed by atoms with Gasteiger partial charge in [0.25, 0.3) is 0 Å². The van der Waals surface area contributed by atoms with Crippen LogP contribution in [0, 0.1) is 11.6 Å². The van der Waals surface area contributed by atoms with Gasteiger partial charge in [-0.1, -0.05) is 6.07 Å². The third-order valence-corrected chi connectivity index (χ3v) is 4.18. The van der Waals surface area contributed by atoms with Gasteiger partial charge in [0.15, 0.2) is 0 Å². The molecule has 0 saturated carbocycles. The Morgan fingerprint density at radius 1 is 1.27 bits per heavy atom. The maximum atomic E-state index is 13.8. The van der Waals surface area contributed by atoms with Gasteiger partial charge in [0, 0.05) is 25.7 Å². The lowest BCUT2D eigenvalue weighted by Gasteiger charge is -2.33. The molecule has 1 heterocycles. The quantitative estimate of drug-likeness (QED) is 0.875. The second-order valence-corrected chi connectivity index (χ2v) is 6.19. The standard InChI is InChI=1S/C17H25F2NO2/c1-12(2)20(10-13-6-3-4-9-22-13)11-16(21)17-14(18)7-5-8-15(17)19/h5,7-8,12-13,16,21H,3-4,6,9-11H2,1-2H3. The molecule has 124 valence electrons. The van der Waals surface area contributed by atoms with Crippen molar-refractivity contribution in [2.24, 2.45) is 0 Å². The van der Waals surface area contributed by atoms with Gasteiger partial charge in [-0.25, -0.2) is 8.78 Å². The highest BCUT2D eigenvalue weighted by molar-refractivity contribution is 5.22. The zero-order valence-corrected chi connectivity index (χ0v) is 13.3. The molecule has 1 saturated heterocycles. The average molecular weight is 313 g/mol. The van der Waals surface area contributed by atoms with Gasteiger partial charge in [-0.05, 0) is 45.2 Å². The number of ether oxygens (including phenoxy) is 1. The van der Waals surface area contributed by atoms with Crippen LogP contribution in [0.1, 0.15) is 44.8 Å². The van der Waals surface area contributed by atoms with Crippen LogP contribution in [-0.2, 0) is 4.74 Å². The molecule has 2 rings (SSSR count). The molecule has 1 aliphatic rings. The first-order valence-corrected chi connectivity index (χ1v) is 7.96. The van der Waals surface area contributed by atoms with Crippen molar-refractivity contribution in [3.63, 3.8) is 0 Å². The van der Waals surface area contributed by atoms with E-state index in [1.807, 2.05) is 18.7 Å². The summed E-state index contributed by atoms with van der Waals surface area (Å²) < 4.78 is 33.3. The maximum Gasteiger partial charge on any atom is 0.131 e.